The van der Waals surface area contributed by atoms with Crippen LogP contribution in [0.5, 0.6) is 5.75 Å². The van der Waals surface area contributed by atoms with Gasteiger partial charge in [0.15, 0.2) is 5.96 Å². The first-order chi connectivity index (χ1) is 13.7. The lowest BCUT2D eigenvalue weighted by molar-refractivity contribution is -0.143. The molecular weight excluding hydrogens is 483 g/mol. The second kappa shape index (κ2) is 14.3. The van der Waals surface area contributed by atoms with Gasteiger partial charge < -0.3 is 25.0 Å². The second-order valence-electron chi connectivity index (χ2n) is 6.91. The van der Waals surface area contributed by atoms with Crippen molar-refractivity contribution in [3.8, 4) is 5.75 Å². The number of anilines is 1. The number of esters is 1. The molecule has 1 aliphatic rings. The average Bonchev–Trinajstić information content (AvgIpc) is 2.71. The number of unbranched alkanes of at least 4 members (excludes halogenated alkanes) is 3. The van der Waals surface area contributed by atoms with Gasteiger partial charge in [-0.1, -0.05) is 25.0 Å². The molecule has 2 N–H and O–H groups in total. The predicted molar refractivity (Wildman–Crippen MR) is 128 cm³/mol. The average molecular weight is 518 g/mol. The summed E-state index contributed by atoms with van der Waals surface area (Å²) in [5.41, 5.74) is 0.896. The fourth-order valence-electron chi connectivity index (χ4n) is 3.40. The van der Waals surface area contributed by atoms with E-state index < -0.39 is 0 Å². The highest BCUT2D eigenvalue weighted by Gasteiger charge is 2.21. The van der Waals surface area contributed by atoms with Crippen LogP contribution in [-0.2, 0) is 9.53 Å². The summed E-state index contributed by atoms with van der Waals surface area (Å²) in [5.74, 6) is 1.17. The number of carbonyl (C=O) groups is 1. The van der Waals surface area contributed by atoms with Crippen LogP contribution in [0.15, 0.2) is 29.3 Å². The van der Waals surface area contributed by atoms with Crippen LogP contribution in [0, 0.1) is 0 Å². The van der Waals surface area contributed by atoms with Gasteiger partial charge in [0.25, 0.3) is 0 Å². The van der Waals surface area contributed by atoms with Gasteiger partial charge in [-0.2, -0.15) is 0 Å². The highest BCUT2D eigenvalue weighted by Crippen LogP contribution is 2.27. The number of halogens is 1. The zero-order valence-corrected chi connectivity index (χ0v) is 19.9. The van der Waals surface area contributed by atoms with Gasteiger partial charge in [-0.15, -0.1) is 24.0 Å². The first-order valence-electron chi connectivity index (χ1n) is 10.3. The number of carbonyl (C=O) groups excluding carboxylic acids is 1. The predicted octanol–water partition coefficient (Wildman–Crippen LogP) is 3.22. The van der Waals surface area contributed by atoms with E-state index in [0.717, 1.165) is 70.1 Å². The van der Waals surface area contributed by atoms with Crippen LogP contribution in [0.25, 0.3) is 0 Å². The lowest BCUT2D eigenvalue weighted by atomic mass is 10.1. The third-order valence-corrected chi connectivity index (χ3v) is 4.91. The molecule has 0 aromatic heterocycles. The van der Waals surface area contributed by atoms with E-state index in [0.29, 0.717) is 18.8 Å². The fourth-order valence-corrected chi connectivity index (χ4v) is 3.40. The number of aromatic hydroxyl groups is 1. The van der Waals surface area contributed by atoms with E-state index in [1.165, 1.54) is 0 Å². The molecule has 0 amide bonds. The smallest absolute Gasteiger partial charge is 0.305 e. The number of phenolic OH excluding ortho intramolecular Hbond substituents is 1. The van der Waals surface area contributed by atoms with E-state index in [1.54, 1.807) is 6.07 Å². The summed E-state index contributed by atoms with van der Waals surface area (Å²) in [7, 11) is 1.82. The van der Waals surface area contributed by atoms with Crippen molar-refractivity contribution in [3.63, 3.8) is 0 Å². The fraction of sp³-hybridized carbons (Fsp3) is 0.619. The van der Waals surface area contributed by atoms with Gasteiger partial charge in [0.2, 0.25) is 0 Å². The summed E-state index contributed by atoms with van der Waals surface area (Å²) in [6.07, 6.45) is 4.59. The van der Waals surface area contributed by atoms with Crippen molar-refractivity contribution in [2.45, 2.75) is 39.0 Å². The van der Waals surface area contributed by atoms with Crippen LogP contribution in [0.1, 0.15) is 39.0 Å². The van der Waals surface area contributed by atoms with Gasteiger partial charge in [0.05, 0.1) is 12.3 Å². The number of ether oxygens (including phenoxy) is 1. The lowest BCUT2D eigenvalue weighted by Gasteiger charge is -2.37. The Morgan fingerprint density at radius 2 is 1.83 bits per heavy atom. The molecule has 2 rings (SSSR count). The Kier molecular flexibility index (Phi) is 12.5. The van der Waals surface area contributed by atoms with E-state index in [9.17, 15) is 9.90 Å². The number of benzene rings is 1. The third kappa shape index (κ3) is 8.67. The number of nitrogens with zero attached hydrogens (tertiary/aromatic N) is 3. The van der Waals surface area contributed by atoms with E-state index in [2.05, 4.69) is 20.1 Å². The summed E-state index contributed by atoms with van der Waals surface area (Å²) in [6.45, 7) is 6.62. The van der Waals surface area contributed by atoms with E-state index in [-0.39, 0.29) is 29.9 Å². The minimum Gasteiger partial charge on any atom is -0.506 e. The van der Waals surface area contributed by atoms with Crippen molar-refractivity contribution in [2.24, 2.45) is 4.99 Å². The van der Waals surface area contributed by atoms with Gasteiger partial charge >= 0.3 is 5.97 Å². The maximum atomic E-state index is 11.3. The summed E-state index contributed by atoms with van der Waals surface area (Å²) in [6, 6.07) is 7.49. The number of piperazine rings is 1. The number of rotatable bonds is 9. The Bertz CT molecular complexity index is 634. The van der Waals surface area contributed by atoms with E-state index in [4.69, 9.17) is 4.74 Å². The molecule has 29 heavy (non-hydrogen) atoms. The Morgan fingerprint density at radius 3 is 2.48 bits per heavy atom. The number of guanidine groups is 1. The van der Waals surface area contributed by atoms with E-state index >= 15 is 0 Å². The molecule has 0 radical (unpaired) electrons. The van der Waals surface area contributed by atoms with Crippen LogP contribution in [0.3, 0.4) is 0 Å². The zero-order chi connectivity index (χ0) is 20.2. The molecule has 8 heteroatoms. The van der Waals surface area contributed by atoms with Crippen molar-refractivity contribution < 1.29 is 14.6 Å². The summed E-state index contributed by atoms with van der Waals surface area (Å²) in [5, 5.41) is 13.5. The number of nitrogens with one attached hydrogen (secondary N) is 1. The standard InChI is InChI=1S/C21H34N4O3.HI/c1-3-28-20(27)12-6-4-5-9-13-23-21(22-2)25-16-14-24(15-17-25)18-10-7-8-11-19(18)26;/h7-8,10-11,26H,3-6,9,12-17H2,1-2H3,(H,22,23);1H. The normalized spacial score (nSPS) is 14.3. The topological polar surface area (TPSA) is 77.4 Å². The van der Waals surface area contributed by atoms with Gasteiger partial charge in [-0.3, -0.25) is 9.79 Å². The zero-order valence-electron chi connectivity index (χ0n) is 17.6. The minimum absolute atomic E-state index is 0. The molecule has 1 aromatic carbocycles. The Morgan fingerprint density at radius 1 is 1.14 bits per heavy atom. The van der Waals surface area contributed by atoms with Crippen LogP contribution >= 0.6 is 24.0 Å². The second-order valence-corrected chi connectivity index (χ2v) is 6.91. The molecule has 1 saturated heterocycles. The molecule has 1 aliphatic heterocycles. The molecule has 0 saturated carbocycles. The lowest BCUT2D eigenvalue weighted by Crippen LogP contribution is -2.52. The Hall–Kier alpha value is -1.71. The van der Waals surface area contributed by atoms with Crippen molar-refractivity contribution in [3.05, 3.63) is 24.3 Å². The molecule has 0 bridgehead atoms. The monoisotopic (exact) mass is 518 g/mol. The summed E-state index contributed by atoms with van der Waals surface area (Å²) in [4.78, 5) is 20.2. The van der Waals surface area contributed by atoms with Crippen LogP contribution in [0.2, 0.25) is 0 Å². The number of hydrogen-bond acceptors (Lipinski definition) is 5. The highest BCUT2D eigenvalue weighted by atomic mass is 127. The van der Waals surface area contributed by atoms with Crippen molar-refractivity contribution in [1.82, 2.24) is 10.2 Å². The minimum atomic E-state index is -0.0935. The largest absolute Gasteiger partial charge is 0.506 e. The van der Waals surface area contributed by atoms with Crippen molar-refractivity contribution >= 4 is 41.6 Å². The molecule has 0 atom stereocenters. The van der Waals surface area contributed by atoms with Crippen molar-refractivity contribution in [2.75, 3.05) is 51.3 Å². The van der Waals surface area contributed by atoms with Crippen LogP contribution in [0.4, 0.5) is 5.69 Å². The summed E-state index contributed by atoms with van der Waals surface area (Å²) >= 11 is 0. The molecule has 7 nitrogen and oxygen atoms in total. The molecule has 0 spiro atoms. The first-order valence-corrected chi connectivity index (χ1v) is 10.3. The molecule has 164 valence electrons. The SMILES string of the molecule is CCOC(=O)CCCCCCNC(=NC)N1CCN(c2ccccc2O)CC1.I. The van der Waals surface area contributed by atoms with Gasteiger partial charge in [0, 0.05) is 46.2 Å². The van der Waals surface area contributed by atoms with Gasteiger partial charge in [-0.25, -0.2) is 0 Å². The maximum absolute atomic E-state index is 11.3. The van der Waals surface area contributed by atoms with Crippen molar-refractivity contribution in [1.29, 1.82) is 0 Å². The van der Waals surface area contributed by atoms with Crippen LogP contribution in [-0.4, -0.2) is 68.3 Å². The molecule has 1 fully saturated rings. The first kappa shape index (κ1) is 25.3. The van der Waals surface area contributed by atoms with Gasteiger partial charge in [-0.05, 0) is 31.9 Å². The molecule has 1 heterocycles. The van der Waals surface area contributed by atoms with Gasteiger partial charge in [0.1, 0.15) is 5.75 Å². The van der Waals surface area contributed by atoms with E-state index in [1.807, 2.05) is 32.2 Å². The highest BCUT2D eigenvalue weighted by molar-refractivity contribution is 14.0. The third-order valence-electron chi connectivity index (χ3n) is 4.91. The van der Waals surface area contributed by atoms with Crippen LogP contribution < -0.4 is 10.2 Å². The summed E-state index contributed by atoms with van der Waals surface area (Å²) < 4.78 is 4.94. The number of para-hydroxylation sites is 2. The maximum Gasteiger partial charge on any atom is 0.305 e. The molecule has 1 aromatic rings. The number of phenols is 1. The Balaban J connectivity index is 0.00000420. The number of hydrogen-bond donors (Lipinski definition) is 2. The Labute approximate surface area is 191 Å². The molecule has 0 aliphatic carbocycles. The molecular formula is C21H35IN4O3. The number of aliphatic imine (C=N–C) groups is 1. The molecule has 0 unspecified atom stereocenters. The quantitative estimate of drug-likeness (QED) is 0.172.